The van der Waals surface area contributed by atoms with E-state index in [9.17, 15) is 9.00 Å². The second-order valence-corrected chi connectivity index (χ2v) is 19.9. The molecule has 0 aromatic heterocycles. The van der Waals surface area contributed by atoms with Gasteiger partial charge in [0.25, 0.3) is 0 Å². The van der Waals surface area contributed by atoms with Crippen LogP contribution in [0.1, 0.15) is 60.4 Å². The molecule has 1 heterocycles. The molecule has 15 rings (SSSR count). The van der Waals surface area contributed by atoms with E-state index in [4.69, 9.17) is 0 Å². The Morgan fingerprint density at radius 1 is 0.348 bits per heavy atom. The number of benzene rings is 9. The smallest absolute Gasteiger partial charge is 0.170 e. The van der Waals surface area contributed by atoms with Crippen LogP contribution in [0.2, 0.25) is 0 Å². The zero-order valence-corrected chi connectivity index (χ0v) is 36.4. The van der Waals surface area contributed by atoms with Gasteiger partial charge in [-0.3, -0.25) is 4.79 Å². The Morgan fingerprint density at radius 3 is 1.17 bits per heavy atom. The molecule has 1 aliphatic heterocycles. The van der Waals surface area contributed by atoms with Crippen molar-refractivity contribution in [2.24, 2.45) is 5.92 Å². The van der Waals surface area contributed by atoms with Crippen LogP contribution in [0.5, 0.6) is 0 Å². The predicted octanol–water partition coefficient (Wildman–Crippen LogP) is 14.0. The van der Waals surface area contributed by atoms with E-state index in [2.05, 4.69) is 194 Å². The van der Waals surface area contributed by atoms with E-state index in [0.29, 0.717) is 15.3 Å². The van der Waals surface area contributed by atoms with Gasteiger partial charge < -0.3 is 4.21 Å². The van der Waals surface area contributed by atoms with Crippen molar-refractivity contribution >= 4 is 26.6 Å². The molecule has 308 valence electrons. The largest absolute Gasteiger partial charge is 0.457 e. The molecule has 3 heteroatoms. The maximum Gasteiger partial charge on any atom is 0.170 e. The molecule has 0 amide bonds. The van der Waals surface area contributed by atoms with Gasteiger partial charge in [-0.2, -0.15) is 0 Å². The van der Waals surface area contributed by atoms with Crippen molar-refractivity contribution in [3.63, 3.8) is 0 Å². The van der Waals surface area contributed by atoms with E-state index in [-0.39, 0.29) is 5.78 Å². The Kier molecular flexibility index (Phi) is 7.14. The lowest BCUT2D eigenvalue weighted by molar-refractivity contribution is 0.0969. The highest BCUT2D eigenvalue weighted by atomic mass is 32.2. The molecular weight excluding hydrogens is 821 g/mol. The van der Waals surface area contributed by atoms with Crippen LogP contribution in [-0.2, 0) is 25.4 Å². The summed E-state index contributed by atoms with van der Waals surface area (Å²) < 4.78 is 14.5. The van der Waals surface area contributed by atoms with Crippen molar-refractivity contribution in [1.82, 2.24) is 0 Å². The fourth-order valence-electron chi connectivity index (χ4n) is 13.1. The van der Waals surface area contributed by atoms with Crippen LogP contribution in [0.15, 0.2) is 223 Å². The average Bonchev–Trinajstić information content (AvgIpc) is 4.06. The first kappa shape index (κ1) is 36.5. The number of rotatable bonds is 2. The number of carbonyl (C=O) groups is 1. The summed E-state index contributed by atoms with van der Waals surface area (Å²) in [5, 5.41) is 0. The summed E-state index contributed by atoms with van der Waals surface area (Å²) in [5.41, 5.74) is 23.9. The summed E-state index contributed by atoms with van der Waals surface area (Å²) in [6, 6.07) is 72.6. The van der Waals surface area contributed by atoms with Crippen molar-refractivity contribution in [2.45, 2.75) is 15.7 Å². The first-order valence-electron chi connectivity index (χ1n) is 22.8. The fraction of sp³-hybridized carbons (Fsp3) is 0.0476. The van der Waals surface area contributed by atoms with Crippen LogP contribution < -0.4 is 0 Å². The van der Waals surface area contributed by atoms with Crippen molar-refractivity contribution in [1.29, 1.82) is 0 Å². The topological polar surface area (TPSA) is 34.1 Å². The summed E-state index contributed by atoms with van der Waals surface area (Å²) in [6.07, 6.45) is 6.06. The quantitative estimate of drug-likeness (QED) is 0.128. The first-order chi connectivity index (χ1) is 32.6. The molecule has 6 aliphatic rings. The number of hydrogen-bond acceptors (Lipinski definition) is 3. The van der Waals surface area contributed by atoms with Gasteiger partial charge in [-0.1, -0.05) is 200 Å². The van der Waals surface area contributed by atoms with Crippen LogP contribution in [-0.4, -0.2) is 10.6 Å². The Labute approximate surface area is 384 Å². The number of carbonyl (C=O) groups excluding carboxylic acids is 1. The monoisotopic (exact) mass is 857 g/mol. The third-order valence-corrected chi connectivity index (χ3v) is 17.3. The average molecular weight is 858 g/mol. The molecular formula is C63H37O2S-. The van der Waals surface area contributed by atoms with Gasteiger partial charge in [0.05, 0.1) is 10.8 Å². The minimum absolute atomic E-state index is 0.0179. The molecule has 0 saturated heterocycles. The van der Waals surface area contributed by atoms with Gasteiger partial charge in [0.15, 0.2) is 5.78 Å². The normalized spacial score (nSPS) is 17.5. The molecule has 0 saturated carbocycles. The van der Waals surface area contributed by atoms with Gasteiger partial charge in [0.1, 0.15) is 0 Å². The first-order valence-corrected chi connectivity index (χ1v) is 24.0. The minimum atomic E-state index is -1.49. The van der Waals surface area contributed by atoms with E-state index < -0.39 is 27.1 Å². The minimum Gasteiger partial charge on any atom is -0.457 e. The number of Topliss-reactive ketones (excluding diaryl/α,β-unsaturated/α-hetero) is 1. The molecule has 66 heavy (non-hydrogen) atoms. The van der Waals surface area contributed by atoms with Crippen molar-refractivity contribution in [2.75, 3.05) is 0 Å². The van der Waals surface area contributed by atoms with E-state index >= 15 is 0 Å². The molecule has 1 unspecified atom stereocenters. The van der Waals surface area contributed by atoms with E-state index in [0.717, 1.165) is 22.3 Å². The molecule has 1 atom stereocenters. The summed E-state index contributed by atoms with van der Waals surface area (Å²) >= 11 is 0. The summed E-state index contributed by atoms with van der Waals surface area (Å²) in [7, 11) is -1.49. The molecule has 0 radical (unpaired) electrons. The molecule has 2 spiro atoms. The van der Waals surface area contributed by atoms with Crippen LogP contribution in [0.25, 0.3) is 61.2 Å². The van der Waals surface area contributed by atoms with Crippen LogP contribution in [0.4, 0.5) is 0 Å². The lowest BCUT2D eigenvalue weighted by Crippen LogP contribution is -2.30. The van der Waals surface area contributed by atoms with Gasteiger partial charge in [-0.15, -0.1) is 9.76 Å². The van der Waals surface area contributed by atoms with Crippen molar-refractivity contribution in [3.8, 4) is 55.6 Å². The van der Waals surface area contributed by atoms with E-state index in [1.54, 1.807) is 0 Å². The summed E-state index contributed by atoms with van der Waals surface area (Å²) in [6.45, 7) is 0. The van der Waals surface area contributed by atoms with E-state index in [1.807, 2.05) is 24.3 Å². The van der Waals surface area contributed by atoms with Gasteiger partial charge in [-0.05, 0) is 129 Å². The Morgan fingerprint density at radius 2 is 0.712 bits per heavy atom. The lowest BCUT2D eigenvalue weighted by Gasteiger charge is -2.32. The number of fused-ring (bicyclic) bond motifs is 22. The number of hydrogen-bond donors (Lipinski definition) is 0. The molecule has 9 aromatic carbocycles. The van der Waals surface area contributed by atoms with Crippen LogP contribution >= 0.6 is 0 Å². The second kappa shape index (κ2) is 12.9. The third-order valence-electron chi connectivity index (χ3n) is 15.7. The molecule has 0 N–H and O–H groups in total. The second-order valence-electron chi connectivity index (χ2n) is 18.5. The van der Waals surface area contributed by atoms with Gasteiger partial charge in [0.2, 0.25) is 0 Å². The number of ketones is 1. The maximum atomic E-state index is 15.0. The Bertz CT molecular complexity index is 3760. The van der Waals surface area contributed by atoms with Gasteiger partial charge >= 0.3 is 0 Å². The zero-order valence-electron chi connectivity index (χ0n) is 35.6. The molecule has 2 nitrogen and oxygen atoms in total. The summed E-state index contributed by atoms with van der Waals surface area (Å²) in [4.78, 5) is 16.2. The van der Waals surface area contributed by atoms with Crippen LogP contribution in [0, 0.1) is 5.92 Å². The highest BCUT2D eigenvalue weighted by Gasteiger charge is 2.53. The molecule has 9 aromatic rings. The fourth-order valence-corrected chi connectivity index (χ4v) is 14.5. The zero-order chi connectivity index (χ0) is 43.5. The Balaban J connectivity index is 0.845. The van der Waals surface area contributed by atoms with Crippen molar-refractivity contribution < 1.29 is 9.00 Å². The van der Waals surface area contributed by atoms with Gasteiger partial charge in [0, 0.05) is 11.5 Å². The number of allylic oxidation sites excluding steroid dienone is 4. The molecule has 5 aliphatic carbocycles. The predicted molar refractivity (Wildman–Crippen MR) is 267 cm³/mol. The van der Waals surface area contributed by atoms with Gasteiger partial charge in [-0.25, -0.2) is 10.4 Å². The maximum absolute atomic E-state index is 15.0. The highest BCUT2D eigenvalue weighted by molar-refractivity contribution is 7.85. The SMILES string of the molecule is O=C1c2cc(-c3ccc4c(c3)C3(c5ccccc5-c5ccccc53)c3ccccc3-4)ccc2[S-](=O)=C2C=CC(c3ccc4c(c3)C3(c5ccccc5-c5ccccc53)c3ccccc3-4)=CC12. The Hall–Kier alpha value is -7.85. The summed E-state index contributed by atoms with van der Waals surface area (Å²) in [5.74, 6) is -0.652. The van der Waals surface area contributed by atoms with Crippen molar-refractivity contribution in [3.05, 3.63) is 274 Å². The lowest BCUT2D eigenvalue weighted by atomic mass is 9.70. The molecule has 0 bridgehead atoms. The van der Waals surface area contributed by atoms with Crippen LogP contribution in [0.3, 0.4) is 0 Å². The highest BCUT2D eigenvalue weighted by Crippen LogP contribution is 2.64. The third kappa shape index (κ3) is 4.35. The van der Waals surface area contributed by atoms with E-state index in [1.165, 1.54) is 89.0 Å². The standard InChI is InChI=1S/C63H37O2S/c64-61-49-33-37(39-25-29-47-45-17-5-11-23-55(45)62(57(47)35-39)51-19-7-1-13-41(51)42-14-2-8-20-52(42)62)27-31-59(49)66(65)60-32-28-38(34-50(60)61)40-26-30-48-46-18-6-12-24-56(46)63(58(48)36-40)53-21-9-3-15-43(53)44-16-4-10-22-54(44)63/h1-36,49H/q-1. The molecule has 0 fully saturated rings.